The second-order valence-corrected chi connectivity index (χ2v) is 6.82. The van der Waals surface area contributed by atoms with Crippen LogP contribution in [0.2, 0.25) is 5.15 Å². The van der Waals surface area contributed by atoms with E-state index in [1.165, 1.54) is 0 Å². The summed E-state index contributed by atoms with van der Waals surface area (Å²) in [4.78, 5) is 8.75. The molecule has 0 saturated heterocycles. The molecular weight excluding hydrogens is 352 g/mol. The lowest BCUT2D eigenvalue weighted by molar-refractivity contribution is 0.546. The Labute approximate surface area is 137 Å². The molecule has 0 atom stereocenters. The van der Waals surface area contributed by atoms with Crippen LogP contribution in [0.15, 0.2) is 28.7 Å². The second kappa shape index (κ2) is 6.00. The van der Waals surface area contributed by atoms with Crippen molar-refractivity contribution < 1.29 is 0 Å². The van der Waals surface area contributed by atoms with Gasteiger partial charge in [0.25, 0.3) is 0 Å². The van der Waals surface area contributed by atoms with Gasteiger partial charge in [0.1, 0.15) is 16.8 Å². The van der Waals surface area contributed by atoms with Gasteiger partial charge in [0, 0.05) is 16.0 Å². The third-order valence-electron chi connectivity index (χ3n) is 2.73. The molecule has 0 unspecified atom stereocenters. The normalized spacial score (nSPS) is 11.0. The largest absolute Gasteiger partial charge is 0.339 e. The first kappa shape index (κ1) is 15.7. The van der Waals surface area contributed by atoms with E-state index in [0.717, 1.165) is 10.2 Å². The fourth-order valence-corrected chi connectivity index (χ4v) is 2.30. The van der Waals surface area contributed by atoms with Gasteiger partial charge in [-0.2, -0.15) is 5.26 Å². The molecule has 0 amide bonds. The van der Waals surface area contributed by atoms with Crippen LogP contribution in [0.1, 0.15) is 32.2 Å². The zero-order valence-electron chi connectivity index (χ0n) is 11.9. The number of rotatable bonds is 2. The van der Waals surface area contributed by atoms with Crippen molar-refractivity contribution >= 4 is 39.0 Å². The van der Waals surface area contributed by atoms with Gasteiger partial charge in [-0.1, -0.05) is 32.4 Å². The lowest BCUT2D eigenvalue weighted by Crippen LogP contribution is -2.16. The number of anilines is 2. The first-order valence-corrected chi connectivity index (χ1v) is 7.48. The highest BCUT2D eigenvalue weighted by Gasteiger charge is 2.19. The maximum Gasteiger partial charge on any atom is 0.137 e. The van der Waals surface area contributed by atoms with Crippen LogP contribution in [0.25, 0.3) is 0 Å². The molecule has 0 spiro atoms. The second-order valence-electron chi connectivity index (χ2n) is 5.58. The molecule has 0 saturated carbocycles. The van der Waals surface area contributed by atoms with E-state index in [1.807, 2.05) is 26.8 Å². The van der Waals surface area contributed by atoms with Crippen molar-refractivity contribution in [3.05, 3.63) is 45.3 Å². The van der Waals surface area contributed by atoms with E-state index in [1.54, 1.807) is 18.2 Å². The molecule has 1 aromatic heterocycles. The summed E-state index contributed by atoms with van der Waals surface area (Å²) in [6.07, 6.45) is 0. The summed E-state index contributed by atoms with van der Waals surface area (Å²) in [7, 11) is 0. The molecule has 2 rings (SSSR count). The monoisotopic (exact) mass is 364 g/mol. The van der Waals surface area contributed by atoms with Gasteiger partial charge in [-0.15, -0.1) is 0 Å². The van der Waals surface area contributed by atoms with E-state index in [9.17, 15) is 0 Å². The zero-order valence-corrected chi connectivity index (χ0v) is 14.2. The van der Waals surface area contributed by atoms with E-state index < -0.39 is 0 Å². The van der Waals surface area contributed by atoms with Gasteiger partial charge in [-0.3, -0.25) is 0 Å². The fraction of sp³-hybridized carbons (Fsp3) is 0.267. The average Bonchev–Trinajstić information content (AvgIpc) is 2.39. The lowest BCUT2D eigenvalue weighted by Gasteiger charge is -2.18. The Morgan fingerprint density at radius 2 is 1.95 bits per heavy atom. The SMILES string of the molecule is CC(C)(C)c1nc(Cl)cc(Nc2ccc(C#N)cc2Br)n1. The maximum atomic E-state index is 8.88. The van der Waals surface area contributed by atoms with Crippen molar-refractivity contribution in [2.24, 2.45) is 0 Å². The van der Waals surface area contributed by atoms with Crippen molar-refractivity contribution in [2.75, 3.05) is 5.32 Å². The minimum Gasteiger partial charge on any atom is -0.339 e. The summed E-state index contributed by atoms with van der Waals surface area (Å²) in [5.41, 5.74) is 1.20. The Hall–Kier alpha value is -1.64. The molecule has 108 valence electrons. The van der Waals surface area contributed by atoms with Gasteiger partial charge in [-0.05, 0) is 34.1 Å². The predicted octanol–water partition coefficient (Wildman–Crippen LogP) is 4.81. The number of halogens is 2. The Morgan fingerprint density at radius 3 is 2.52 bits per heavy atom. The van der Waals surface area contributed by atoms with Gasteiger partial charge in [0.15, 0.2) is 0 Å². The molecule has 0 bridgehead atoms. The van der Waals surface area contributed by atoms with E-state index in [-0.39, 0.29) is 5.41 Å². The Balaban J connectivity index is 2.36. The number of benzene rings is 1. The van der Waals surface area contributed by atoms with Crippen molar-refractivity contribution in [2.45, 2.75) is 26.2 Å². The molecule has 1 aromatic carbocycles. The van der Waals surface area contributed by atoms with E-state index in [2.05, 4.69) is 37.3 Å². The summed E-state index contributed by atoms with van der Waals surface area (Å²) in [5.74, 6) is 1.28. The molecule has 0 radical (unpaired) electrons. The minimum atomic E-state index is -0.191. The standard InChI is InChI=1S/C15H14BrClN4/c1-15(2,3)14-20-12(17)7-13(21-14)19-11-5-4-9(8-18)6-10(11)16/h4-7H,1-3H3,(H,19,20,21). The summed E-state index contributed by atoms with van der Waals surface area (Å²) >= 11 is 9.50. The number of nitrogens with one attached hydrogen (secondary N) is 1. The van der Waals surface area contributed by atoms with E-state index in [0.29, 0.717) is 22.4 Å². The number of hydrogen-bond donors (Lipinski definition) is 1. The van der Waals surface area contributed by atoms with E-state index in [4.69, 9.17) is 16.9 Å². The molecule has 0 fully saturated rings. The van der Waals surface area contributed by atoms with Crippen molar-refractivity contribution in [1.82, 2.24) is 9.97 Å². The van der Waals surface area contributed by atoms with Crippen molar-refractivity contribution in [1.29, 1.82) is 5.26 Å². The predicted molar refractivity (Wildman–Crippen MR) is 87.9 cm³/mol. The number of hydrogen-bond acceptors (Lipinski definition) is 4. The van der Waals surface area contributed by atoms with Crippen LogP contribution in [-0.2, 0) is 5.41 Å². The average molecular weight is 366 g/mol. The number of nitriles is 1. The van der Waals surface area contributed by atoms with Crippen LogP contribution in [-0.4, -0.2) is 9.97 Å². The number of aromatic nitrogens is 2. The molecule has 6 heteroatoms. The van der Waals surface area contributed by atoms with Crippen LogP contribution in [0.3, 0.4) is 0 Å². The van der Waals surface area contributed by atoms with Crippen LogP contribution in [0.4, 0.5) is 11.5 Å². The minimum absolute atomic E-state index is 0.191. The summed E-state index contributed by atoms with van der Waals surface area (Å²) in [5, 5.41) is 12.5. The first-order valence-electron chi connectivity index (χ1n) is 6.31. The quantitative estimate of drug-likeness (QED) is 0.776. The maximum absolute atomic E-state index is 8.88. The third-order valence-corrected chi connectivity index (χ3v) is 3.58. The van der Waals surface area contributed by atoms with Crippen LogP contribution >= 0.6 is 27.5 Å². The molecule has 1 heterocycles. The van der Waals surface area contributed by atoms with E-state index >= 15 is 0 Å². The molecule has 2 aromatic rings. The molecule has 0 aliphatic rings. The summed E-state index contributed by atoms with van der Waals surface area (Å²) in [6.45, 7) is 6.08. The highest BCUT2D eigenvalue weighted by molar-refractivity contribution is 9.10. The molecular formula is C15H14BrClN4. The Morgan fingerprint density at radius 1 is 1.24 bits per heavy atom. The zero-order chi connectivity index (χ0) is 15.6. The van der Waals surface area contributed by atoms with Crippen LogP contribution in [0, 0.1) is 11.3 Å². The third kappa shape index (κ3) is 3.93. The van der Waals surface area contributed by atoms with Gasteiger partial charge in [0.2, 0.25) is 0 Å². The molecule has 21 heavy (non-hydrogen) atoms. The smallest absolute Gasteiger partial charge is 0.137 e. The molecule has 0 aliphatic carbocycles. The Kier molecular flexibility index (Phi) is 4.50. The van der Waals surface area contributed by atoms with Crippen molar-refractivity contribution in [3.63, 3.8) is 0 Å². The van der Waals surface area contributed by atoms with Crippen molar-refractivity contribution in [3.8, 4) is 6.07 Å². The van der Waals surface area contributed by atoms with Gasteiger partial charge in [0.05, 0.1) is 17.3 Å². The highest BCUT2D eigenvalue weighted by Crippen LogP contribution is 2.28. The fourth-order valence-electron chi connectivity index (χ4n) is 1.64. The van der Waals surface area contributed by atoms with Gasteiger partial charge < -0.3 is 5.32 Å². The van der Waals surface area contributed by atoms with Gasteiger partial charge >= 0.3 is 0 Å². The summed E-state index contributed by atoms with van der Waals surface area (Å²) in [6, 6.07) is 9.06. The number of nitrogens with zero attached hydrogens (tertiary/aromatic N) is 3. The molecule has 4 nitrogen and oxygen atoms in total. The Bertz CT molecular complexity index is 717. The van der Waals surface area contributed by atoms with Crippen LogP contribution < -0.4 is 5.32 Å². The molecule has 0 aliphatic heterocycles. The highest BCUT2D eigenvalue weighted by atomic mass is 79.9. The first-order chi connectivity index (χ1) is 9.79. The lowest BCUT2D eigenvalue weighted by atomic mass is 9.96. The molecule has 1 N–H and O–H groups in total. The van der Waals surface area contributed by atoms with Crippen LogP contribution in [0.5, 0.6) is 0 Å². The summed E-state index contributed by atoms with van der Waals surface area (Å²) < 4.78 is 0.786. The van der Waals surface area contributed by atoms with Gasteiger partial charge in [-0.25, -0.2) is 9.97 Å². The topological polar surface area (TPSA) is 61.6 Å².